The standard InChI is InChI=1S/C14H15NO5/c1-2-6-20-14(18)15-11-5-7-19-12-4-3-9(13(16)17)8-10(11)12/h2-4,8,11H,1,5-7H2,(H,15,18)(H,16,17). The van der Waals surface area contributed by atoms with Crippen LogP contribution in [-0.4, -0.2) is 30.4 Å². The molecule has 0 saturated carbocycles. The zero-order chi connectivity index (χ0) is 14.5. The zero-order valence-corrected chi connectivity index (χ0v) is 10.8. The van der Waals surface area contributed by atoms with E-state index in [1.54, 1.807) is 6.07 Å². The van der Waals surface area contributed by atoms with E-state index >= 15 is 0 Å². The van der Waals surface area contributed by atoms with Gasteiger partial charge in [0.1, 0.15) is 12.4 Å². The van der Waals surface area contributed by atoms with Crippen LogP contribution in [0.4, 0.5) is 4.79 Å². The molecule has 0 saturated heterocycles. The van der Waals surface area contributed by atoms with E-state index in [4.69, 9.17) is 14.6 Å². The predicted octanol–water partition coefficient (Wildman–Crippen LogP) is 2.12. The van der Waals surface area contributed by atoms with Crippen LogP contribution in [0.5, 0.6) is 5.75 Å². The van der Waals surface area contributed by atoms with Crippen LogP contribution < -0.4 is 10.1 Å². The summed E-state index contributed by atoms with van der Waals surface area (Å²) in [6, 6.07) is 4.26. The molecule has 106 valence electrons. The molecule has 1 aromatic rings. The lowest BCUT2D eigenvalue weighted by atomic mass is 9.98. The molecule has 6 heteroatoms. The maximum absolute atomic E-state index is 11.6. The van der Waals surface area contributed by atoms with Crippen molar-refractivity contribution in [2.75, 3.05) is 13.2 Å². The van der Waals surface area contributed by atoms with Gasteiger partial charge in [0.2, 0.25) is 0 Å². The van der Waals surface area contributed by atoms with E-state index < -0.39 is 12.1 Å². The van der Waals surface area contributed by atoms with Gasteiger partial charge < -0.3 is 19.9 Å². The molecule has 0 aliphatic carbocycles. The molecule has 0 aromatic heterocycles. The third-order valence-corrected chi connectivity index (χ3v) is 2.92. The van der Waals surface area contributed by atoms with Gasteiger partial charge in [0.25, 0.3) is 0 Å². The van der Waals surface area contributed by atoms with Crippen molar-refractivity contribution in [2.45, 2.75) is 12.5 Å². The number of carbonyl (C=O) groups is 2. The van der Waals surface area contributed by atoms with Gasteiger partial charge in [0.15, 0.2) is 0 Å². The van der Waals surface area contributed by atoms with Crippen molar-refractivity contribution in [1.82, 2.24) is 5.32 Å². The van der Waals surface area contributed by atoms with Crippen LogP contribution in [0.1, 0.15) is 28.4 Å². The van der Waals surface area contributed by atoms with Crippen LogP contribution >= 0.6 is 0 Å². The van der Waals surface area contributed by atoms with Crippen LogP contribution in [-0.2, 0) is 4.74 Å². The maximum Gasteiger partial charge on any atom is 0.407 e. The van der Waals surface area contributed by atoms with Gasteiger partial charge in [-0.05, 0) is 18.2 Å². The number of rotatable bonds is 4. The molecule has 20 heavy (non-hydrogen) atoms. The Balaban J connectivity index is 2.17. The number of carboxylic acids is 1. The number of alkyl carbamates (subject to hydrolysis) is 1. The number of carboxylic acid groups (broad SMARTS) is 1. The Morgan fingerprint density at radius 3 is 3.05 bits per heavy atom. The topological polar surface area (TPSA) is 84.9 Å². The maximum atomic E-state index is 11.6. The molecular formula is C14H15NO5. The Kier molecular flexibility index (Phi) is 4.24. The molecule has 0 radical (unpaired) electrons. The minimum Gasteiger partial charge on any atom is -0.493 e. The monoisotopic (exact) mass is 277 g/mol. The van der Waals surface area contributed by atoms with Crippen molar-refractivity contribution in [2.24, 2.45) is 0 Å². The van der Waals surface area contributed by atoms with Crippen molar-refractivity contribution >= 4 is 12.1 Å². The highest BCUT2D eigenvalue weighted by Gasteiger charge is 2.24. The number of benzene rings is 1. The molecule has 1 atom stereocenters. The summed E-state index contributed by atoms with van der Waals surface area (Å²) in [5.74, 6) is -0.443. The van der Waals surface area contributed by atoms with E-state index in [2.05, 4.69) is 11.9 Å². The summed E-state index contributed by atoms with van der Waals surface area (Å²) in [4.78, 5) is 22.6. The normalized spacial score (nSPS) is 16.5. The van der Waals surface area contributed by atoms with Crippen molar-refractivity contribution in [3.63, 3.8) is 0 Å². The van der Waals surface area contributed by atoms with Crippen LogP contribution in [0.25, 0.3) is 0 Å². The molecule has 0 spiro atoms. The fourth-order valence-electron chi connectivity index (χ4n) is 2.00. The van der Waals surface area contributed by atoms with E-state index in [9.17, 15) is 9.59 Å². The van der Waals surface area contributed by atoms with Crippen LogP contribution in [0.3, 0.4) is 0 Å². The molecule has 1 heterocycles. The Morgan fingerprint density at radius 1 is 1.55 bits per heavy atom. The first-order valence-corrected chi connectivity index (χ1v) is 6.16. The highest BCUT2D eigenvalue weighted by atomic mass is 16.5. The summed E-state index contributed by atoms with van der Waals surface area (Å²) < 4.78 is 10.3. The fourth-order valence-corrected chi connectivity index (χ4v) is 2.00. The minimum absolute atomic E-state index is 0.122. The number of carbonyl (C=O) groups excluding carboxylic acids is 1. The van der Waals surface area contributed by atoms with E-state index in [1.807, 2.05) is 0 Å². The second-order valence-corrected chi connectivity index (χ2v) is 4.28. The van der Waals surface area contributed by atoms with Crippen LogP contribution in [0, 0.1) is 0 Å². The number of ether oxygens (including phenoxy) is 2. The SMILES string of the molecule is C=CCOC(=O)NC1CCOc2ccc(C(=O)O)cc21. The number of nitrogens with one attached hydrogen (secondary N) is 1. The van der Waals surface area contributed by atoms with Gasteiger partial charge in [-0.1, -0.05) is 12.7 Å². The Morgan fingerprint density at radius 2 is 2.35 bits per heavy atom. The van der Waals surface area contributed by atoms with Crippen molar-refractivity contribution in [3.8, 4) is 5.75 Å². The number of fused-ring (bicyclic) bond motifs is 1. The van der Waals surface area contributed by atoms with Crippen molar-refractivity contribution in [1.29, 1.82) is 0 Å². The molecule has 1 aliphatic heterocycles. The summed E-state index contributed by atoms with van der Waals surface area (Å²) in [5, 5.41) is 11.7. The summed E-state index contributed by atoms with van der Waals surface area (Å²) in [7, 11) is 0. The van der Waals surface area contributed by atoms with Gasteiger partial charge in [-0.3, -0.25) is 0 Å². The largest absolute Gasteiger partial charge is 0.493 e. The summed E-state index contributed by atoms with van der Waals surface area (Å²) in [6.45, 7) is 4.03. The van der Waals surface area contributed by atoms with Crippen LogP contribution in [0.2, 0.25) is 0 Å². The smallest absolute Gasteiger partial charge is 0.407 e. The quantitative estimate of drug-likeness (QED) is 0.823. The summed E-state index contributed by atoms with van der Waals surface area (Å²) >= 11 is 0. The molecule has 0 fully saturated rings. The lowest BCUT2D eigenvalue weighted by Gasteiger charge is -2.26. The van der Waals surface area contributed by atoms with E-state index in [0.717, 1.165) is 0 Å². The zero-order valence-electron chi connectivity index (χ0n) is 10.8. The Labute approximate surface area is 116 Å². The Hall–Kier alpha value is -2.50. The van der Waals surface area contributed by atoms with Gasteiger partial charge in [-0.2, -0.15) is 0 Å². The van der Waals surface area contributed by atoms with Crippen molar-refractivity contribution < 1.29 is 24.2 Å². The van der Waals surface area contributed by atoms with E-state index in [-0.39, 0.29) is 18.2 Å². The molecule has 2 rings (SSSR count). The molecule has 2 N–H and O–H groups in total. The lowest BCUT2D eigenvalue weighted by Crippen LogP contribution is -2.32. The highest BCUT2D eigenvalue weighted by molar-refractivity contribution is 5.88. The summed E-state index contributed by atoms with van der Waals surface area (Å²) in [6.07, 6.45) is 1.46. The fraction of sp³-hybridized carbons (Fsp3) is 0.286. The molecule has 6 nitrogen and oxygen atoms in total. The van der Waals surface area contributed by atoms with Gasteiger partial charge >= 0.3 is 12.1 Å². The van der Waals surface area contributed by atoms with Crippen molar-refractivity contribution in [3.05, 3.63) is 42.0 Å². The van der Waals surface area contributed by atoms with E-state index in [0.29, 0.717) is 24.3 Å². The highest BCUT2D eigenvalue weighted by Crippen LogP contribution is 2.32. The minimum atomic E-state index is -1.02. The average molecular weight is 277 g/mol. The second-order valence-electron chi connectivity index (χ2n) is 4.28. The van der Waals surface area contributed by atoms with E-state index in [1.165, 1.54) is 18.2 Å². The number of amides is 1. The summed E-state index contributed by atoms with van der Waals surface area (Å²) in [5.41, 5.74) is 0.798. The molecule has 1 unspecified atom stereocenters. The van der Waals surface area contributed by atoms with Gasteiger partial charge in [0.05, 0.1) is 18.2 Å². The average Bonchev–Trinajstić information content (AvgIpc) is 2.45. The lowest BCUT2D eigenvalue weighted by molar-refractivity contribution is 0.0696. The first-order valence-electron chi connectivity index (χ1n) is 6.16. The molecular weight excluding hydrogens is 262 g/mol. The first-order chi connectivity index (χ1) is 9.61. The van der Waals surface area contributed by atoms with Gasteiger partial charge in [-0.15, -0.1) is 0 Å². The van der Waals surface area contributed by atoms with Crippen LogP contribution in [0.15, 0.2) is 30.9 Å². The first kappa shape index (κ1) is 13.9. The molecule has 1 amide bonds. The number of hydrogen-bond donors (Lipinski definition) is 2. The predicted molar refractivity (Wildman–Crippen MR) is 70.9 cm³/mol. The van der Waals surface area contributed by atoms with Gasteiger partial charge in [0, 0.05) is 12.0 Å². The molecule has 1 aliphatic rings. The molecule has 1 aromatic carbocycles. The number of aromatic carboxylic acids is 1. The third kappa shape index (κ3) is 3.09. The number of hydrogen-bond acceptors (Lipinski definition) is 4. The Bertz CT molecular complexity index is 540. The van der Waals surface area contributed by atoms with Gasteiger partial charge in [-0.25, -0.2) is 9.59 Å². The third-order valence-electron chi connectivity index (χ3n) is 2.92. The molecule has 0 bridgehead atoms. The second kappa shape index (κ2) is 6.10.